The number of rotatable bonds is 8. The van der Waals surface area contributed by atoms with E-state index >= 15 is 0 Å². The first-order chi connectivity index (χ1) is 16.7. The van der Waals surface area contributed by atoms with Gasteiger partial charge >= 0.3 is 0 Å². The zero-order valence-corrected chi connectivity index (χ0v) is 19.9. The zero-order chi connectivity index (χ0) is 23.3. The summed E-state index contributed by atoms with van der Waals surface area (Å²) in [6.45, 7) is 1.46. The van der Waals surface area contributed by atoms with E-state index in [0.717, 1.165) is 53.9 Å². The number of para-hydroxylation sites is 1. The number of hydrogen-bond donors (Lipinski definition) is 0. The molecule has 0 saturated carbocycles. The van der Waals surface area contributed by atoms with E-state index in [1.807, 2.05) is 65.6 Å². The maximum Gasteiger partial charge on any atom is 0.237 e. The lowest BCUT2D eigenvalue weighted by Gasteiger charge is -2.17. The van der Waals surface area contributed by atoms with E-state index in [-0.39, 0.29) is 5.91 Å². The van der Waals surface area contributed by atoms with Gasteiger partial charge in [-0.25, -0.2) is 0 Å². The number of aryl methyl sites for hydroxylation is 1. The lowest BCUT2D eigenvalue weighted by molar-refractivity contribution is -0.116. The van der Waals surface area contributed by atoms with Crippen molar-refractivity contribution in [1.82, 2.24) is 14.8 Å². The van der Waals surface area contributed by atoms with Crippen molar-refractivity contribution in [3.05, 3.63) is 90.0 Å². The predicted molar refractivity (Wildman–Crippen MR) is 135 cm³/mol. The largest absolute Gasteiger partial charge is 0.497 e. The van der Waals surface area contributed by atoms with Gasteiger partial charge in [-0.15, -0.1) is 10.2 Å². The highest BCUT2D eigenvalue weighted by Crippen LogP contribution is 2.30. The quantitative estimate of drug-likeness (QED) is 0.344. The summed E-state index contributed by atoms with van der Waals surface area (Å²) in [5, 5.41) is 9.71. The molecule has 0 N–H and O–H groups in total. The second-order valence-electron chi connectivity index (χ2n) is 8.13. The van der Waals surface area contributed by atoms with Gasteiger partial charge in [-0.05, 0) is 54.3 Å². The molecule has 1 aliphatic heterocycles. The van der Waals surface area contributed by atoms with E-state index in [4.69, 9.17) is 4.74 Å². The second kappa shape index (κ2) is 10.1. The minimum absolute atomic E-state index is 0.0959. The minimum Gasteiger partial charge on any atom is -0.497 e. The molecule has 0 aliphatic carbocycles. The van der Waals surface area contributed by atoms with Gasteiger partial charge in [0.2, 0.25) is 5.91 Å². The molecule has 0 saturated heterocycles. The molecular formula is C27H26N4O2S. The molecule has 2 heterocycles. The van der Waals surface area contributed by atoms with Crippen molar-refractivity contribution >= 4 is 23.4 Å². The first-order valence-corrected chi connectivity index (χ1v) is 12.3. The van der Waals surface area contributed by atoms with Crippen molar-refractivity contribution in [3.8, 4) is 17.1 Å². The maximum absolute atomic E-state index is 13.1. The third-order valence-corrected chi connectivity index (χ3v) is 7.00. The summed E-state index contributed by atoms with van der Waals surface area (Å²) in [7, 11) is 1.65. The van der Waals surface area contributed by atoms with Gasteiger partial charge in [0.1, 0.15) is 5.75 Å². The third-order valence-electron chi connectivity index (χ3n) is 6.04. The van der Waals surface area contributed by atoms with Crippen LogP contribution in [0.5, 0.6) is 5.75 Å². The van der Waals surface area contributed by atoms with Gasteiger partial charge in [-0.1, -0.05) is 60.3 Å². The van der Waals surface area contributed by atoms with Gasteiger partial charge in [-0.2, -0.15) is 0 Å². The summed E-state index contributed by atoms with van der Waals surface area (Å²) >= 11 is 1.45. The number of fused-ring (bicyclic) bond motifs is 1. The predicted octanol–water partition coefficient (Wildman–Crippen LogP) is 4.88. The van der Waals surface area contributed by atoms with Gasteiger partial charge in [-0.3, -0.25) is 4.79 Å². The third kappa shape index (κ3) is 4.70. The standard InChI is InChI=1S/C27H26N4O2S/c1-33-23-13-11-22(12-14-23)26-28-29-27(31(26)17-15-20-7-3-2-4-8-20)34-19-25(32)30-18-16-21-9-5-6-10-24(21)30/h2-14H,15-19H2,1H3. The van der Waals surface area contributed by atoms with Crippen molar-refractivity contribution in [2.24, 2.45) is 0 Å². The monoisotopic (exact) mass is 470 g/mol. The number of hydrogen-bond acceptors (Lipinski definition) is 5. The number of methoxy groups -OCH3 is 1. The Morgan fingerprint density at radius 2 is 1.74 bits per heavy atom. The van der Waals surface area contributed by atoms with Crippen molar-refractivity contribution in [2.75, 3.05) is 24.3 Å². The summed E-state index contributed by atoms with van der Waals surface area (Å²) in [6, 6.07) is 26.3. The molecule has 0 bridgehead atoms. The van der Waals surface area contributed by atoms with E-state index in [9.17, 15) is 4.79 Å². The van der Waals surface area contributed by atoms with Gasteiger partial charge in [0.05, 0.1) is 12.9 Å². The van der Waals surface area contributed by atoms with Crippen LogP contribution < -0.4 is 9.64 Å². The van der Waals surface area contributed by atoms with Gasteiger partial charge in [0.25, 0.3) is 0 Å². The summed E-state index contributed by atoms with van der Waals surface area (Å²) < 4.78 is 7.41. The van der Waals surface area contributed by atoms with E-state index in [1.165, 1.54) is 22.9 Å². The minimum atomic E-state index is 0.0959. The van der Waals surface area contributed by atoms with Gasteiger partial charge in [0.15, 0.2) is 11.0 Å². The fourth-order valence-corrected chi connectivity index (χ4v) is 5.08. The van der Waals surface area contributed by atoms with Crippen molar-refractivity contribution in [2.45, 2.75) is 24.5 Å². The summed E-state index contributed by atoms with van der Waals surface area (Å²) in [5.41, 5.74) is 4.47. The van der Waals surface area contributed by atoms with Crippen LogP contribution in [0.25, 0.3) is 11.4 Å². The molecule has 1 aromatic heterocycles. The number of carbonyl (C=O) groups is 1. The van der Waals surface area contributed by atoms with Crippen LogP contribution >= 0.6 is 11.8 Å². The van der Waals surface area contributed by atoms with Crippen LogP contribution in [0.1, 0.15) is 11.1 Å². The molecule has 172 valence electrons. The van der Waals surface area contributed by atoms with Gasteiger partial charge in [0, 0.05) is 24.3 Å². The van der Waals surface area contributed by atoms with Crippen LogP contribution in [0.2, 0.25) is 0 Å². The highest BCUT2D eigenvalue weighted by atomic mass is 32.2. The molecule has 0 spiro atoms. The van der Waals surface area contributed by atoms with E-state index < -0.39 is 0 Å². The highest BCUT2D eigenvalue weighted by molar-refractivity contribution is 7.99. The molecule has 34 heavy (non-hydrogen) atoms. The molecule has 6 nitrogen and oxygen atoms in total. The fraction of sp³-hybridized carbons (Fsp3) is 0.222. The first kappa shape index (κ1) is 22.2. The molecular weight excluding hydrogens is 444 g/mol. The zero-order valence-electron chi connectivity index (χ0n) is 19.1. The molecule has 0 radical (unpaired) electrons. The molecule has 3 aromatic carbocycles. The van der Waals surface area contributed by atoms with E-state index in [2.05, 4.69) is 33.0 Å². The highest BCUT2D eigenvalue weighted by Gasteiger charge is 2.25. The van der Waals surface area contributed by atoms with E-state index in [1.54, 1.807) is 7.11 Å². The number of ether oxygens (including phenoxy) is 1. The summed E-state index contributed by atoms with van der Waals surface area (Å²) in [6.07, 6.45) is 1.75. The molecule has 1 amide bonds. The SMILES string of the molecule is COc1ccc(-c2nnc(SCC(=O)N3CCc4ccccc43)n2CCc2ccccc2)cc1. The number of thioether (sulfide) groups is 1. The number of anilines is 1. The summed E-state index contributed by atoms with van der Waals surface area (Å²) in [4.78, 5) is 14.9. The maximum atomic E-state index is 13.1. The lowest BCUT2D eigenvalue weighted by atomic mass is 10.1. The molecule has 0 fully saturated rings. The Balaban J connectivity index is 1.36. The second-order valence-corrected chi connectivity index (χ2v) is 9.08. The molecule has 7 heteroatoms. The molecule has 1 aliphatic rings. The van der Waals surface area contributed by atoms with Crippen molar-refractivity contribution in [1.29, 1.82) is 0 Å². The fourth-order valence-electron chi connectivity index (χ4n) is 4.24. The lowest BCUT2D eigenvalue weighted by Crippen LogP contribution is -2.30. The Labute approximate surface area is 203 Å². The van der Waals surface area contributed by atoms with Crippen LogP contribution in [0, 0.1) is 0 Å². The summed E-state index contributed by atoms with van der Waals surface area (Å²) in [5.74, 6) is 2.00. The molecule has 0 atom stereocenters. The topological polar surface area (TPSA) is 60.3 Å². The normalized spacial score (nSPS) is 12.6. The molecule has 4 aromatic rings. The van der Waals surface area contributed by atoms with Crippen LogP contribution in [0.15, 0.2) is 84.0 Å². The Bertz CT molecular complexity index is 1270. The number of aromatic nitrogens is 3. The van der Waals surface area contributed by atoms with Crippen LogP contribution in [0.3, 0.4) is 0 Å². The van der Waals surface area contributed by atoms with Crippen LogP contribution in [-0.2, 0) is 24.2 Å². The average molecular weight is 471 g/mol. The number of benzene rings is 3. The smallest absolute Gasteiger partial charge is 0.237 e. The van der Waals surface area contributed by atoms with Gasteiger partial charge < -0.3 is 14.2 Å². The van der Waals surface area contributed by atoms with Crippen LogP contribution in [-0.4, -0.2) is 40.1 Å². The Morgan fingerprint density at radius 1 is 0.971 bits per heavy atom. The van der Waals surface area contributed by atoms with Crippen molar-refractivity contribution < 1.29 is 9.53 Å². The number of nitrogens with zero attached hydrogens (tertiary/aromatic N) is 4. The Kier molecular flexibility index (Phi) is 6.62. The molecule has 0 unspecified atom stereocenters. The Morgan fingerprint density at radius 3 is 2.53 bits per heavy atom. The number of carbonyl (C=O) groups excluding carboxylic acids is 1. The molecule has 5 rings (SSSR count). The first-order valence-electron chi connectivity index (χ1n) is 11.4. The van der Waals surface area contributed by atoms with Crippen LogP contribution in [0.4, 0.5) is 5.69 Å². The number of amides is 1. The average Bonchev–Trinajstić information content (AvgIpc) is 3.51. The Hall–Kier alpha value is -3.58. The van der Waals surface area contributed by atoms with Crippen molar-refractivity contribution in [3.63, 3.8) is 0 Å². The van der Waals surface area contributed by atoms with E-state index in [0.29, 0.717) is 5.75 Å².